The van der Waals surface area contributed by atoms with E-state index in [1.54, 1.807) is 18.2 Å². The summed E-state index contributed by atoms with van der Waals surface area (Å²) in [6.07, 6.45) is 0. The number of ether oxygens (including phenoxy) is 2. The third-order valence-electron chi connectivity index (χ3n) is 2.92. The van der Waals surface area contributed by atoms with Crippen LogP contribution in [0.25, 0.3) is 0 Å². The summed E-state index contributed by atoms with van der Waals surface area (Å²) >= 11 is 2.20. The van der Waals surface area contributed by atoms with Gasteiger partial charge in [0.1, 0.15) is 13.2 Å². The monoisotopic (exact) mass is 381 g/mol. The summed E-state index contributed by atoms with van der Waals surface area (Å²) in [6, 6.07) is 12.9. The highest BCUT2D eigenvalue weighted by atomic mass is 127. The number of para-hydroxylation sites is 1. The number of amides is 1. The molecule has 4 nitrogen and oxygen atoms in total. The van der Waals surface area contributed by atoms with Crippen molar-refractivity contribution in [3.8, 4) is 11.5 Å². The molecule has 1 N–H and O–H groups in total. The number of carbonyl (C=O) groups excluding carboxylic acids is 1. The number of benzene rings is 2. The minimum Gasteiger partial charge on any atom is -0.486 e. The van der Waals surface area contributed by atoms with Crippen LogP contribution in [-0.4, -0.2) is 19.1 Å². The zero-order chi connectivity index (χ0) is 13.9. The lowest BCUT2D eigenvalue weighted by Crippen LogP contribution is -2.18. The van der Waals surface area contributed by atoms with Crippen LogP contribution in [-0.2, 0) is 0 Å². The highest BCUT2D eigenvalue weighted by molar-refractivity contribution is 14.1. The molecular weight excluding hydrogens is 369 g/mol. The Kier molecular flexibility index (Phi) is 3.77. The van der Waals surface area contributed by atoms with Gasteiger partial charge in [0.2, 0.25) is 0 Å². The molecule has 0 aliphatic carbocycles. The summed E-state index contributed by atoms with van der Waals surface area (Å²) in [4.78, 5) is 12.2. The van der Waals surface area contributed by atoms with Crippen LogP contribution in [0.3, 0.4) is 0 Å². The van der Waals surface area contributed by atoms with E-state index in [4.69, 9.17) is 9.47 Å². The van der Waals surface area contributed by atoms with Crippen molar-refractivity contribution in [3.05, 3.63) is 51.6 Å². The van der Waals surface area contributed by atoms with Crippen LogP contribution in [0, 0.1) is 3.57 Å². The number of rotatable bonds is 2. The molecule has 1 heterocycles. The molecule has 0 radical (unpaired) electrons. The number of nitrogens with one attached hydrogen (secondary N) is 1. The Morgan fingerprint density at radius 1 is 1.05 bits per heavy atom. The maximum atomic E-state index is 12.2. The second-order valence-electron chi connectivity index (χ2n) is 4.29. The molecule has 2 aromatic rings. The van der Waals surface area contributed by atoms with Gasteiger partial charge in [-0.1, -0.05) is 6.07 Å². The Morgan fingerprint density at radius 2 is 1.80 bits per heavy atom. The van der Waals surface area contributed by atoms with Gasteiger partial charge in [-0.2, -0.15) is 0 Å². The predicted molar refractivity (Wildman–Crippen MR) is 84.5 cm³/mol. The third-order valence-corrected chi connectivity index (χ3v) is 3.64. The van der Waals surface area contributed by atoms with E-state index in [0.717, 1.165) is 3.57 Å². The maximum absolute atomic E-state index is 12.2. The molecule has 1 amide bonds. The van der Waals surface area contributed by atoms with Crippen LogP contribution in [0.5, 0.6) is 11.5 Å². The zero-order valence-corrected chi connectivity index (χ0v) is 12.7. The zero-order valence-electron chi connectivity index (χ0n) is 10.6. The molecule has 0 fully saturated rings. The number of anilines is 1. The van der Waals surface area contributed by atoms with Crippen LogP contribution in [0.1, 0.15) is 10.4 Å². The van der Waals surface area contributed by atoms with E-state index in [1.165, 1.54) is 0 Å². The average Bonchev–Trinajstić information content (AvgIpc) is 2.48. The molecule has 5 heteroatoms. The smallest absolute Gasteiger partial charge is 0.255 e. The summed E-state index contributed by atoms with van der Waals surface area (Å²) in [6.45, 7) is 1.02. The van der Waals surface area contributed by atoms with Gasteiger partial charge in [-0.3, -0.25) is 4.79 Å². The van der Waals surface area contributed by atoms with Gasteiger partial charge >= 0.3 is 0 Å². The fourth-order valence-corrected chi connectivity index (χ4v) is 2.33. The molecule has 0 spiro atoms. The lowest BCUT2D eigenvalue weighted by molar-refractivity contribution is 0.102. The van der Waals surface area contributed by atoms with Crippen LogP contribution in [0.2, 0.25) is 0 Å². The predicted octanol–water partition coefficient (Wildman–Crippen LogP) is 3.31. The van der Waals surface area contributed by atoms with Crippen molar-refractivity contribution in [3.63, 3.8) is 0 Å². The van der Waals surface area contributed by atoms with Crippen molar-refractivity contribution in [2.75, 3.05) is 18.5 Å². The van der Waals surface area contributed by atoms with E-state index < -0.39 is 0 Å². The second kappa shape index (κ2) is 5.70. The summed E-state index contributed by atoms with van der Waals surface area (Å²) in [7, 11) is 0. The van der Waals surface area contributed by atoms with Crippen LogP contribution >= 0.6 is 22.6 Å². The van der Waals surface area contributed by atoms with Crippen molar-refractivity contribution in [1.82, 2.24) is 0 Å². The van der Waals surface area contributed by atoms with Crippen molar-refractivity contribution in [1.29, 1.82) is 0 Å². The minimum atomic E-state index is -0.163. The lowest BCUT2D eigenvalue weighted by Gasteiger charge is -2.21. The fourth-order valence-electron chi connectivity index (χ4n) is 1.97. The van der Waals surface area contributed by atoms with E-state index in [2.05, 4.69) is 27.9 Å². The van der Waals surface area contributed by atoms with Gasteiger partial charge in [0.15, 0.2) is 11.5 Å². The standard InChI is InChI=1S/C15H12INO3/c16-11-6-4-10(5-7-11)15(18)17-12-2-1-3-13-14(12)20-9-8-19-13/h1-7H,8-9H2,(H,17,18). The minimum absolute atomic E-state index is 0.163. The van der Waals surface area contributed by atoms with Gasteiger partial charge in [0.05, 0.1) is 5.69 Å². The summed E-state index contributed by atoms with van der Waals surface area (Å²) < 4.78 is 12.2. The van der Waals surface area contributed by atoms with Gasteiger partial charge in [-0.05, 0) is 59.0 Å². The molecule has 1 aliphatic rings. The summed E-state index contributed by atoms with van der Waals surface area (Å²) in [5.41, 5.74) is 1.24. The Bertz CT molecular complexity index is 640. The second-order valence-corrected chi connectivity index (χ2v) is 5.54. The first kappa shape index (κ1) is 13.2. The Hall–Kier alpha value is -1.76. The van der Waals surface area contributed by atoms with Gasteiger partial charge in [-0.15, -0.1) is 0 Å². The van der Waals surface area contributed by atoms with E-state index in [1.807, 2.05) is 24.3 Å². The molecule has 0 saturated heterocycles. The first-order valence-electron chi connectivity index (χ1n) is 6.19. The molecule has 102 valence electrons. The Balaban J connectivity index is 1.84. The van der Waals surface area contributed by atoms with Gasteiger partial charge in [0.25, 0.3) is 5.91 Å². The number of halogens is 1. The molecule has 2 aromatic carbocycles. The normalized spacial score (nSPS) is 12.8. The number of carbonyl (C=O) groups is 1. The largest absolute Gasteiger partial charge is 0.486 e. The third kappa shape index (κ3) is 2.72. The molecule has 0 bridgehead atoms. The van der Waals surface area contributed by atoms with Gasteiger partial charge in [-0.25, -0.2) is 0 Å². The van der Waals surface area contributed by atoms with E-state index >= 15 is 0 Å². The van der Waals surface area contributed by atoms with Crippen molar-refractivity contribution in [2.24, 2.45) is 0 Å². The molecule has 0 unspecified atom stereocenters. The average molecular weight is 381 g/mol. The summed E-state index contributed by atoms with van der Waals surface area (Å²) in [5.74, 6) is 1.10. The highest BCUT2D eigenvalue weighted by Crippen LogP contribution is 2.37. The number of hydrogen-bond acceptors (Lipinski definition) is 3. The molecule has 20 heavy (non-hydrogen) atoms. The molecule has 0 aromatic heterocycles. The van der Waals surface area contributed by atoms with Crippen LogP contribution in [0.4, 0.5) is 5.69 Å². The Morgan fingerprint density at radius 3 is 2.60 bits per heavy atom. The lowest BCUT2D eigenvalue weighted by atomic mass is 10.2. The molecule has 3 rings (SSSR count). The van der Waals surface area contributed by atoms with E-state index in [-0.39, 0.29) is 5.91 Å². The van der Waals surface area contributed by atoms with Crippen molar-refractivity contribution in [2.45, 2.75) is 0 Å². The Labute approximate surface area is 130 Å². The summed E-state index contributed by atoms with van der Waals surface area (Å²) in [5, 5.41) is 2.86. The van der Waals surface area contributed by atoms with Gasteiger partial charge in [0, 0.05) is 9.13 Å². The van der Waals surface area contributed by atoms with Crippen molar-refractivity contribution >= 4 is 34.2 Å². The van der Waals surface area contributed by atoms with Crippen LogP contribution in [0.15, 0.2) is 42.5 Å². The quantitative estimate of drug-likeness (QED) is 0.813. The molecular formula is C15H12INO3. The molecule has 0 saturated carbocycles. The first-order valence-corrected chi connectivity index (χ1v) is 7.27. The fraction of sp³-hybridized carbons (Fsp3) is 0.133. The number of hydrogen-bond donors (Lipinski definition) is 1. The van der Waals surface area contributed by atoms with Crippen molar-refractivity contribution < 1.29 is 14.3 Å². The van der Waals surface area contributed by atoms with Crippen LogP contribution < -0.4 is 14.8 Å². The maximum Gasteiger partial charge on any atom is 0.255 e. The number of fused-ring (bicyclic) bond motifs is 1. The highest BCUT2D eigenvalue weighted by Gasteiger charge is 2.17. The van der Waals surface area contributed by atoms with E-state index in [0.29, 0.717) is 36.0 Å². The van der Waals surface area contributed by atoms with E-state index in [9.17, 15) is 4.79 Å². The first-order chi connectivity index (χ1) is 9.74. The SMILES string of the molecule is O=C(Nc1cccc2c1OCCO2)c1ccc(I)cc1. The topological polar surface area (TPSA) is 47.6 Å². The van der Waals surface area contributed by atoms with Gasteiger partial charge < -0.3 is 14.8 Å². The molecule has 1 aliphatic heterocycles. The molecule has 0 atom stereocenters.